The van der Waals surface area contributed by atoms with Gasteiger partial charge in [-0.25, -0.2) is 13.2 Å². The predicted molar refractivity (Wildman–Crippen MR) is 107 cm³/mol. The van der Waals surface area contributed by atoms with Gasteiger partial charge in [0.2, 0.25) is 15.9 Å². The van der Waals surface area contributed by atoms with E-state index in [1.807, 2.05) is 13.8 Å². The van der Waals surface area contributed by atoms with Crippen LogP contribution in [-0.2, 0) is 26.1 Å². The monoisotopic (exact) mass is 425 g/mol. The van der Waals surface area contributed by atoms with Crippen LogP contribution in [0.3, 0.4) is 0 Å². The largest absolute Gasteiger partial charge is 0.420 e. The summed E-state index contributed by atoms with van der Waals surface area (Å²) in [5.41, 5.74) is 0.509. The van der Waals surface area contributed by atoms with Gasteiger partial charge < -0.3 is 14.5 Å². The first-order valence-corrected chi connectivity index (χ1v) is 11.1. The number of carbonyl (C=O) groups is 1. The lowest BCUT2D eigenvalue weighted by Crippen LogP contribution is -2.42. The maximum Gasteiger partial charge on any atom is 0.420 e. The summed E-state index contributed by atoms with van der Waals surface area (Å²) in [4.78, 5) is 24.3. The lowest BCUT2D eigenvalue weighted by atomic mass is 9.94. The molecule has 0 spiro atoms. The van der Waals surface area contributed by atoms with Crippen molar-refractivity contribution >= 4 is 27.0 Å². The Hall–Kier alpha value is -2.17. The van der Waals surface area contributed by atoms with E-state index in [9.17, 15) is 18.0 Å². The molecule has 1 aromatic heterocycles. The van der Waals surface area contributed by atoms with Crippen molar-refractivity contribution in [3.63, 3.8) is 0 Å². The van der Waals surface area contributed by atoms with Gasteiger partial charge in [0.25, 0.3) is 0 Å². The fourth-order valence-corrected chi connectivity index (χ4v) is 5.50. The van der Waals surface area contributed by atoms with Gasteiger partial charge in [-0.05, 0) is 30.4 Å². The van der Waals surface area contributed by atoms with Gasteiger partial charge >= 0.3 is 5.76 Å². The molecule has 1 fully saturated rings. The van der Waals surface area contributed by atoms with Crippen molar-refractivity contribution in [1.82, 2.24) is 14.2 Å². The number of piperidine rings is 1. The van der Waals surface area contributed by atoms with E-state index in [0.717, 1.165) is 6.42 Å². The third kappa shape index (κ3) is 4.71. The summed E-state index contributed by atoms with van der Waals surface area (Å²) in [5, 5.41) is 2.63. The number of nitrogens with zero attached hydrogens (tertiary/aromatic N) is 2. The molecule has 0 saturated carbocycles. The third-order valence-corrected chi connectivity index (χ3v) is 6.87. The fourth-order valence-electron chi connectivity index (χ4n) is 3.80. The second kappa shape index (κ2) is 8.68. The van der Waals surface area contributed by atoms with Crippen molar-refractivity contribution in [2.75, 3.05) is 33.4 Å². The summed E-state index contributed by atoms with van der Waals surface area (Å²) in [6.07, 6.45) is 0.995. The Morgan fingerprint density at radius 2 is 1.97 bits per heavy atom. The van der Waals surface area contributed by atoms with Gasteiger partial charge in [0.1, 0.15) is 6.54 Å². The number of methoxy groups -OCH3 is 1. The van der Waals surface area contributed by atoms with Crippen molar-refractivity contribution < 1.29 is 22.4 Å². The number of amides is 1. The van der Waals surface area contributed by atoms with Crippen LogP contribution in [0.5, 0.6) is 0 Å². The number of fused-ring (bicyclic) bond motifs is 1. The fraction of sp³-hybridized carbons (Fsp3) is 0.579. The standard InChI is InChI=1S/C19H27N3O6S/c1-13-8-14(2)11-21(10-13)29(25,26)15-4-5-16-17(9-15)28-19(24)22(16)12-18(23)20-6-7-27-3/h4-5,9,13-14H,6-8,10-12H2,1-3H3,(H,20,23)/t13-,14-/m1/s1. The van der Waals surface area contributed by atoms with Crippen LogP contribution in [0.4, 0.5) is 0 Å². The minimum Gasteiger partial charge on any atom is -0.408 e. The number of sulfonamides is 1. The normalized spacial score (nSPS) is 20.8. The summed E-state index contributed by atoms with van der Waals surface area (Å²) in [6, 6.07) is 4.32. The molecule has 0 unspecified atom stereocenters. The smallest absolute Gasteiger partial charge is 0.408 e. The number of aromatic nitrogens is 1. The first kappa shape index (κ1) is 21.5. The Bertz CT molecular complexity index is 1030. The van der Waals surface area contributed by atoms with E-state index in [1.165, 1.54) is 34.2 Å². The zero-order valence-corrected chi connectivity index (χ0v) is 17.7. The number of hydrogen-bond acceptors (Lipinski definition) is 6. The van der Waals surface area contributed by atoms with Crippen molar-refractivity contribution in [2.24, 2.45) is 11.8 Å². The van der Waals surface area contributed by atoms with Crippen LogP contribution in [0.2, 0.25) is 0 Å². The SMILES string of the molecule is COCCNC(=O)Cn1c(=O)oc2cc(S(=O)(=O)N3C[C@H](C)C[C@@H](C)C3)ccc21. The van der Waals surface area contributed by atoms with Gasteiger partial charge in [0, 0.05) is 32.8 Å². The van der Waals surface area contributed by atoms with Crippen molar-refractivity contribution in [3.8, 4) is 0 Å². The number of rotatable bonds is 7. The average Bonchev–Trinajstić information content (AvgIpc) is 2.95. The zero-order chi connectivity index (χ0) is 21.2. The molecule has 1 saturated heterocycles. The first-order chi connectivity index (χ1) is 13.7. The summed E-state index contributed by atoms with van der Waals surface area (Å²) in [6.45, 7) is 5.49. The molecular weight excluding hydrogens is 398 g/mol. The number of ether oxygens (including phenoxy) is 1. The first-order valence-electron chi connectivity index (χ1n) is 9.61. The minimum atomic E-state index is -3.69. The molecule has 2 heterocycles. The van der Waals surface area contributed by atoms with E-state index in [1.54, 1.807) is 0 Å². The molecule has 9 nitrogen and oxygen atoms in total. The van der Waals surface area contributed by atoms with E-state index in [4.69, 9.17) is 9.15 Å². The molecule has 1 aliphatic rings. The van der Waals surface area contributed by atoms with Gasteiger partial charge in [0.15, 0.2) is 5.58 Å². The maximum atomic E-state index is 13.1. The number of hydrogen-bond donors (Lipinski definition) is 1. The van der Waals surface area contributed by atoms with Gasteiger partial charge in [-0.1, -0.05) is 13.8 Å². The van der Waals surface area contributed by atoms with Crippen molar-refractivity contribution in [1.29, 1.82) is 0 Å². The number of nitrogens with one attached hydrogen (secondary N) is 1. The van der Waals surface area contributed by atoms with E-state index >= 15 is 0 Å². The topological polar surface area (TPSA) is 111 Å². The van der Waals surface area contributed by atoms with Crippen molar-refractivity contribution in [3.05, 3.63) is 28.7 Å². The van der Waals surface area contributed by atoms with Crippen LogP contribution >= 0.6 is 0 Å². The van der Waals surface area contributed by atoms with E-state index in [2.05, 4.69) is 5.32 Å². The second-order valence-corrected chi connectivity index (χ2v) is 9.63. The zero-order valence-electron chi connectivity index (χ0n) is 16.9. The molecule has 10 heteroatoms. The predicted octanol–water partition coefficient (Wildman–Crippen LogP) is 1.02. The molecule has 3 rings (SSSR count). The molecule has 0 bridgehead atoms. The minimum absolute atomic E-state index is 0.0803. The maximum absolute atomic E-state index is 13.1. The van der Waals surface area contributed by atoms with Gasteiger partial charge in [-0.3, -0.25) is 9.36 Å². The lowest BCUT2D eigenvalue weighted by Gasteiger charge is -2.34. The number of carbonyl (C=O) groups excluding carboxylic acids is 1. The molecule has 0 radical (unpaired) electrons. The Balaban J connectivity index is 1.86. The van der Waals surface area contributed by atoms with E-state index in [-0.39, 0.29) is 34.8 Å². The molecule has 1 N–H and O–H groups in total. The van der Waals surface area contributed by atoms with Gasteiger partial charge in [0.05, 0.1) is 17.0 Å². The van der Waals surface area contributed by atoms with Crippen molar-refractivity contribution in [2.45, 2.75) is 31.7 Å². The highest BCUT2D eigenvalue weighted by molar-refractivity contribution is 7.89. The van der Waals surface area contributed by atoms with Gasteiger partial charge in [-0.2, -0.15) is 4.31 Å². The highest BCUT2D eigenvalue weighted by Crippen LogP contribution is 2.28. The van der Waals surface area contributed by atoms with E-state index in [0.29, 0.717) is 31.8 Å². The molecule has 1 aromatic carbocycles. The summed E-state index contributed by atoms with van der Waals surface area (Å²) in [7, 11) is -2.17. The molecule has 0 aliphatic carbocycles. The molecule has 29 heavy (non-hydrogen) atoms. The molecule has 160 valence electrons. The highest BCUT2D eigenvalue weighted by Gasteiger charge is 2.32. The average molecular weight is 426 g/mol. The number of benzene rings is 1. The summed E-state index contributed by atoms with van der Waals surface area (Å²) in [5.74, 6) is -0.503. The number of oxazole rings is 1. The van der Waals surface area contributed by atoms with E-state index < -0.39 is 15.8 Å². The van der Waals surface area contributed by atoms with Gasteiger partial charge in [-0.15, -0.1) is 0 Å². The Morgan fingerprint density at radius 3 is 2.62 bits per heavy atom. The third-order valence-electron chi connectivity index (χ3n) is 5.04. The molecule has 1 aliphatic heterocycles. The Kier molecular flexibility index (Phi) is 6.45. The Morgan fingerprint density at radius 1 is 1.28 bits per heavy atom. The quantitative estimate of drug-likeness (QED) is 0.663. The lowest BCUT2D eigenvalue weighted by molar-refractivity contribution is -0.121. The van der Waals surface area contributed by atoms with Crippen LogP contribution in [0.25, 0.3) is 11.1 Å². The Labute approximate surface area is 169 Å². The molecule has 2 aromatic rings. The van der Waals surface area contributed by atoms with Crippen LogP contribution in [0.15, 0.2) is 32.3 Å². The highest BCUT2D eigenvalue weighted by atomic mass is 32.2. The van der Waals surface area contributed by atoms with Crippen LogP contribution in [0, 0.1) is 11.8 Å². The molecule has 2 atom stereocenters. The molecule has 1 amide bonds. The summed E-state index contributed by atoms with van der Waals surface area (Å²) >= 11 is 0. The second-order valence-electron chi connectivity index (χ2n) is 7.69. The summed E-state index contributed by atoms with van der Waals surface area (Å²) < 4.78 is 38.9. The van der Waals surface area contributed by atoms with Crippen LogP contribution < -0.4 is 11.1 Å². The van der Waals surface area contributed by atoms with Crippen LogP contribution in [-0.4, -0.2) is 56.5 Å². The van der Waals surface area contributed by atoms with Crippen LogP contribution in [0.1, 0.15) is 20.3 Å². The molecular formula is C19H27N3O6S.